The van der Waals surface area contributed by atoms with Gasteiger partial charge in [0.15, 0.2) is 9.84 Å². The highest BCUT2D eigenvalue weighted by Gasteiger charge is 2.26. The predicted octanol–water partition coefficient (Wildman–Crippen LogP) is 1.08. The van der Waals surface area contributed by atoms with Crippen molar-refractivity contribution >= 4 is 21.7 Å². The minimum Gasteiger partial charge on any atom is -0.347 e. The van der Waals surface area contributed by atoms with Crippen LogP contribution in [0.2, 0.25) is 0 Å². The van der Waals surface area contributed by atoms with E-state index in [9.17, 15) is 18.0 Å². The summed E-state index contributed by atoms with van der Waals surface area (Å²) in [6.45, 7) is 4.67. The molecule has 1 aromatic rings. The summed E-state index contributed by atoms with van der Waals surface area (Å²) in [6, 6.07) is 5.27. The van der Waals surface area contributed by atoms with E-state index in [2.05, 4.69) is 5.32 Å². The predicted molar refractivity (Wildman–Crippen MR) is 84.4 cm³/mol. The van der Waals surface area contributed by atoms with E-state index in [1.54, 1.807) is 47.0 Å². The Morgan fingerprint density at radius 1 is 1.09 bits per heavy atom. The SMILES string of the molecule is CC(C)S(=O)(=O)c1ccccc1C(=O)N[C@@H](C)C(=O)N(C)C. The van der Waals surface area contributed by atoms with E-state index >= 15 is 0 Å². The molecule has 1 atom stereocenters. The third-order valence-corrected chi connectivity index (χ3v) is 5.43. The Kier molecular flexibility index (Phi) is 5.71. The second-order valence-corrected chi connectivity index (χ2v) is 7.99. The zero-order valence-corrected chi connectivity index (χ0v) is 14.3. The molecule has 122 valence electrons. The number of hydrogen-bond acceptors (Lipinski definition) is 4. The highest BCUT2D eigenvalue weighted by Crippen LogP contribution is 2.20. The van der Waals surface area contributed by atoms with Crippen molar-refractivity contribution in [3.63, 3.8) is 0 Å². The molecule has 6 nitrogen and oxygen atoms in total. The van der Waals surface area contributed by atoms with Gasteiger partial charge in [-0.1, -0.05) is 12.1 Å². The van der Waals surface area contributed by atoms with Gasteiger partial charge in [-0.2, -0.15) is 0 Å². The molecule has 0 aliphatic carbocycles. The topological polar surface area (TPSA) is 83.5 Å². The Balaban J connectivity index is 3.14. The van der Waals surface area contributed by atoms with Gasteiger partial charge >= 0.3 is 0 Å². The van der Waals surface area contributed by atoms with E-state index in [-0.39, 0.29) is 16.4 Å². The fourth-order valence-electron chi connectivity index (χ4n) is 1.88. The van der Waals surface area contributed by atoms with Crippen LogP contribution in [0.1, 0.15) is 31.1 Å². The molecule has 1 aromatic carbocycles. The summed E-state index contributed by atoms with van der Waals surface area (Å²) in [6.07, 6.45) is 0. The summed E-state index contributed by atoms with van der Waals surface area (Å²) in [5, 5.41) is 1.90. The van der Waals surface area contributed by atoms with Gasteiger partial charge in [0.25, 0.3) is 5.91 Å². The number of carbonyl (C=O) groups excluding carboxylic acids is 2. The Morgan fingerprint density at radius 3 is 2.14 bits per heavy atom. The van der Waals surface area contributed by atoms with Crippen molar-refractivity contribution in [3.05, 3.63) is 29.8 Å². The van der Waals surface area contributed by atoms with Crippen molar-refractivity contribution in [1.29, 1.82) is 0 Å². The molecule has 0 spiro atoms. The van der Waals surface area contributed by atoms with Crippen molar-refractivity contribution < 1.29 is 18.0 Å². The van der Waals surface area contributed by atoms with Crippen LogP contribution in [0.4, 0.5) is 0 Å². The number of amides is 2. The molecule has 0 saturated carbocycles. The number of hydrogen-bond donors (Lipinski definition) is 1. The summed E-state index contributed by atoms with van der Waals surface area (Å²) in [5.41, 5.74) is 0.0506. The summed E-state index contributed by atoms with van der Waals surface area (Å²) < 4.78 is 24.7. The molecule has 22 heavy (non-hydrogen) atoms. The summed E-state index contributed by atoms with van der Waals surface area (Å²) >= 11 is 0. The number of sulfone groups is 1. The van der Waals surface area contributed by atoms with Crippen molar-refractivity contribution in [1.82, 2.24) is 10.2 Å². The third kappa shape index (κ3) is 3.85. The number of nitrogens with zero attached hydrogens (tertiary/aromatic N) is 1. The second-order valence-electron chi connectivity index (χ2n) is 5.52. The average Bonchev–Trinajstić information content (AvgIpc) is 2.45. The Hall–Kier alpha value is -1.89. The standard InChI is InChI=1S/C15H22N2O4S/c1-10(2)22(20,21)13-9-7-6-8-12(13)14(18)16-11(3)15(19)17(4)5/h6-11H,1-5H3,(H,16,18)/t11-/m0/s1. The Morgan fingerprint density at radius 2 is 1.64 bits per heavy atom. The lowest BCUT2D eigenvalue weighted by atomic mass is 10.2. The number of carbonyl (C=O) groups is 2. The molecule has 0 aromatic heterocycles. The zero-order valence-electron chi connectivity index (χ0n) is 13.5. The lowest BCUT2D eigenvalue weighted by molar-refractivity contribution is -0.130. The van der Waals surface area contributed by atoms with E-state index in [0.717, 1.165) is 0 Å². The quantitative estimate of drug-likeness (QED) is 0.877. The molecule has 7 heteroatoms. The van der Waals surface area contributed by atoms with Gasteiger partial charge in [-0.25, -0.2) is 8.42 Å². The highest BCUT2D eigenvalue weighted by atomic mass is 32.2. The van der Waals surface area contributed by atoms with Gasteiger partial charge in [-0.05, 0) is 32.9 Å². The maximum Gasteiger partial charge on any atom is 0.253 e. The van der Waals surface area contributed by atoms with E-state index in [1.807, 2.05) is 0 Å². The van der Waals surface area contributed by atoms with Crippen molar-refractivity contribution in [2.24, 2.45) is 0 Å². The van der Waals surface area contributed by atoms with E-state index in [4.69, 9.17) is 0 Å². The van der Waals surface area contributed by atoms with E-state index in [0.29, 0.717) is 0 Å². The Labute approximate surface area is 131 Å². The molecule has 0 fully saturated rings. The minimum atomic E-state index is -3.58. The van der Waals surface area contributed by atoms with Crippen LogP contribution in [0.15, 0.2) is 29.2 Å². The monoisotopic (exact) mass is 326 g/mol. The number of nitrogens with one attached hydrogen (secondary N) is 1. The molecule has 1 N–H and O–H groups in total. The van der Waals surface area contributed by atoms with Crippen LogP contribution in [0.25, 0.3) is 0 Å². The molecule has 0 saturated heterocycles. The molecule has 0 bridgehead atoms. The first kappa shape index (κ1) is 18.2. The first-order valence-electron chi connectivity index (χ1n) is 6.94. The first-order valence-corrected chi connectivity index (χ1v) is 8.48. The van der Waals surface area contributed by atoms with Crippen LogP contribution in [0, 0.1) is 0 Å². The number of benzene rings is 1. The fraction of sp³-hybridized carbons (Fsp3) is 0.467. The molecule has 1 rings (SSSR count). The summed E-state index contributed by atoms with van der Waals surface area (Å²) in [7, 11) is -0.410. The van der Waals surface area contributed by atoms with Crippen molar-refractivity contribution in [2.45, 2.75) is 37.0 Å². The van der Waals surface area contributed by atoms with Gasteiger partial charge in [0.05, 0.1) is 15.7 Å². The van der Waals surface area contributed by atoms with Crippen LogP contribution in [-0.2, 0) is 14.6 Å². The highest BCUT2D eigenvalue weighted by molar-refractivity contribution is 7.92. The maximum atomic E-state index is 12.3. The molecule has 2 amide bonds. The van der Waals surface area contributed by atoms with Crippen LogP contribution in [0.5, 0.6) is 0 Å². The van der Waals surface area contributed by atoms with E-state index < -0.39 is 27.0 Å². The Bertz CT molecular complexity index is 666. The van der Waals surface area contributed by atoms with Gasteiger partial charge in [0, 0.05) is 14.1 Å². The molecule has 0 heterocycles. The van der Waals surface area contributed by atoms with Crippen LogP contribution in [0.3, 0.4) is 0 Å². The van der Waals surface area contributed by atoms with Crippen LogP contribution < -0.4 is 5.32 Å². The lowest BCUT2D eigenvalue weighted by Gasteiger charge is -2.19. The van der Waals surface area contributed by atoms with Gasteiger partial charge in [0.2, 0.25) is 5.91 Å². The number of likely N-dealkylation sites (N-methyl/N-ethyl adjacent to an activating group) is 1. The van der Waals surface area contributed by atoms with Crippen LogP contribution in [-0.4, -0.2) is 50.5 Å². The largest absolute Gasteiger partial charge is 0.347 e. The number of rotatable bonds is 5. The normalized spacial score (nSPS) is 12.8. The summed E-state index contributed by atoms with van der Waals surface area (Å²) in [5.74, 6) is -0.847. The first-order chi connectivity index (χ1) is 10.1. The summed E-state index contributed by atoms with van der Waals surface area (Å²) in [4.78, 5) is 25.5. The van der Waals surface area contributed by atoms with Gasteiger partial charge in [0.1, 0.15) is 6.04 Å². The lowest BCUT2D eigenvalue weighted by Crippen LogP contribution is -2.44. The zero-order chi connectivity index (χ0) is 17.1. The molecule has 0 radical (unpaired) electrons. The van der Waals surface area contributed by atoms with Gasteiger partial charge < -0.3 is 10.2 Å². The minimum absolute atomic E-state index is 0.0213. The molecule has 0 aliphatic rings. The molecular weight excluding hydrogens is 304 g/mol. The smallest absolute Gasteiger partial charge is 0.253 e. The van der Waals surface area contributed by atoms with E-state index in [1.165, 1.54) is 17.0 Å². The van der Waals surface area contributed by atoms with Crippen LogP contribution >= 0.6 is 0 Å². The molecule has 0 aliphatic heterocycles. The van der Waals surface area contributed by atoms with Crippen molar-refractivity contribution in [3.8, 4) is 0 Å². The maximum absolute atomic E-state index is 12.3. The second kappa shape index (κ2) is 6.91. The molecule has 0 unspecified atom stereocenters. The average molecular weight is 326 g/mol. The van der Waals surface area contributed by atoms with Gasteiger partial charge in [-0.3, -0.25) is 9.59 Å². The fourth-order valence-corrected chi connectivity index (χ4v) is 3.12. The third-order valence-electron chi connectivity index (χ3n) is 3.22. The van der Waals surface area contributed by atoms with Crippen molar-refractivity contribution in [2.75, 3.05) is 14.1 Å². The van der Waals surface area contributed by atoms with Gasteiger partial charge in [-0.15, -0.1) is 0 Å². The molecular formula is C15H22N2O4S.